The number of thioether (sulfide) groups is 1. The second kappa shape index (κ2) is 7.90. The molecule has 0 saturated carbocycles. The molecule has 0 radical (unpaired) electrons. The summed E-state index contributed by atoms with van der Waals surface area (Å²) in [5.41, 5.74) is 3.10. The summed E-state index contributed by atoms with van der Waals surface area (Å²) >= 11 is 8.17. The molecule has 1 atom stereocenters. The van der Waals surface area contributed by atoms with Crippen LogP contribution in [-0.4, -0.2) is 29.1 Å². The monoisotopic (exact) mass is 377 g/mol. The van der Waals surface area contributed by atoms with Crippen molar-refractivity contribution in [1.29, 1.82) is 0 Å². The van der Waals surface area contributed by atoms with Gasteiger partial charge in [-0.15, -0.1) is 11.8 Å². The van der Waals surface area contributed by atoms with Crippen molar-refractivity contribution in [1.82, 2.24) is 5.32 Å². The van der Waals surface area contributed by atoms with Gasteiger partial charge in [-0.25, -0.2) is 0 Å². The van der Waals surface area contributed by atoms with Crippen LogP contribution in [-0.2, 0) is 6.42 Å². The van der Waals surface area contributed by atoms with Gasteiger partial charge in [0.25, 0.3) is 0 Å². The molecule has 134 valence electrons. The Hall–Kier alpha value is -1.36. The van der Waals surface area contributed by atoms with E-state index < -0.39 is 0 Å². The van der Waals surface area contributed by atoms with Crippen LogP contribution in [0.25, 0.3) is 0 Å². The van der Waals surface area contributed by atoms with Crippen molar-refractivity contribution in [3.63, 3.8) is 0 Å². The third-order valence-electron chi connectivity index (χ3n) is 4.50. The van der Waals surface area contributed by atoms with Crippen molar-refractivity contribution in [3.05, 3.63) is 52.0 Å². The smallest absolute Gasteiger partial charge is 0.176 e. The minimum absolute atomic E-state index is 0.102. The topological polar surface area (TPSA) is 52.5 Å². The summed E-state index contributed by atoms with van der Waals surface area (Å²) in [6, 6.07) is 10.3. The van der Waals surface area contributed by atoms with Crippen molar-refractivity contribution in [3.8, 4) is 11.5 Å². The summed E-state index contributed by atoms with van der Waals surface area (Å²) in [7, 11) is 0. The molecule has 25 heavy (non-hydrogen) atoms. The lowest BCUT2D eigenvalue weighted by molar-refractivity contribution is 0.402. The highest BCUT2D eigenvalue weighted by molar-refractivity contribution is 7.99. The first-order chi connectivity index (χ1) is 12.0. The number of benzene rings is 2. The molecule has 0 aliphatic carbocycles. The van der Waals surface area contributed by atoms with Gasteiger partial charge in [-0.1, -0.05) is 37.6 Å². The lowest BCUT2D eigenvalue weighted by Crippen LogP contribution is -2.20. The zero-order valence-corrected chi connectivity index (χ0v) is 16.1. The summed E-state index contributed by atoms with van der Waals surface area (Å²) in [5.74, 6) is 1.50. The van der Waals surface area contributed by atoms with E-state index in [-0.39, 0.29) is 22.4 Å². The third kappa shape index (κ3) is 4.08. The number of fused-ring (bicyclic) bond motifs is 1. The van der Waals surface area contributed by atoms with E-state index in [1.807, 2.05) is 11.8 Å². The molecule has 5 heteroatoms. The van der Waals surface area contributed by atoms with Gasteiger partial charge in [0, 0.05) is 23.1 Å². The van der Waals surface area contributed by atoms with Gasteiger partial charge in [0.1, 0.15) is 0 Å². The Morgan fingerprint density at radius 2 is 1.96 bits per heavy atom. The van der Waals surface area contributed by atoms with Crippen LogP contribution >= 0.6 is 23.4 Å². The maximum Gasteiger partial charge on any atom is 0.176 e. The van der Waals surface area contributed by atoms with Crippen molar-refractivity contribution in [2.24, 2.45) is 5.92 Å². The first-order valence-electron chi connectivity index (χ1n) is 8.64. The summed E-state index contributed by atoms with van der Waals surface area (Å²) in [6.45, 7) is 6.03. The normalized spacial score (nSPS) is 17.4. The minimum atomic E-state index is -0.221. The molecule has 3 nitrogen and oxygen atoms in total. The minimum Gasteiger partial charge on any atom is -0.504 e. The Balaban J connectivity index is 1.93. The molecule has 3 N–H and O–H groups in total. The van der Waals surface area contributed by atoms with E-state index in [1.54, 1.807) is 6.07 Å². The number of hydrogen-bond acceptors (Lipinski definition) is 4. The van der Waals surface area contributed by atoms with Gasteiger partial charge in [-0.3, -0.25) is 0 Å². The molecule has 2 aromatic rings. The lowest BCUT2D eigenvalue weighted by Gasteiger charge is -2.20. The van der Waals surface area contributed by atoms with E-state index in [0.29, 0.717) is 5.92 Å². The quantitative estimate of drug-likeness (QED) is 0.530. The molecule has 0 saturated heterocycles. The fourth-order valence-electron chi connectivity index (χ4n) is 3.18. The largest absolute Gasteiger partial charge is 0.504 e. The lowest BCUT2D eigenvalue weighted by atomic mass is 9.87. The number of aromatic hydroxyl groups is 2. The molecule has 0 bridgehead atoms. The Labute approximate surface area is 158 Å². The van der Waals surface area contributed by atoms with Gasteiger partial charge in [0.05, 0.1) is 5.02 Å². The molecule has 1 aliphatic heterocycles. The van der Waals surface area contributed by atoms with Crippen LogP contribution in [0.2, 0.25) is 5.02 Å². The van der Waals surface area contributed by atoms with Gasteiger partial charge < -0.3 is 15.5 Å². The zero-order valence-electron chi connectivity index (χ0n) is 14.6. The second-order valence-electron chi connectivity index (χ2n) is 6.91. The van der Waals surface area contributed by atoms with Crippen LogP contribution in [0.4, 0.5) is 0 Å². The Morgan fingerprint density at radius 1 is 1.24 bits per heavy atom. The van der Waals surface area contributed by atoms with Gasteiger partial charge in [0.2, 0.25) is 0 Å². The molecular weight excluding hydrogens is 354 g/mol. The third-order valence-corrected chi connectivity index (χ3v) is 6.34. The highest BCUT2D eigenvalue weighted by Crippen LogP contribution is 2.42. The van der Waals surface area contributed by atoms with Gasteiger partial charge in [-0.2, -0.15) is 0 Å². The van der Waals surface area contributed by atoms with E-state index in [9.17, 15) is 10.2 Å². The number of nitrogens with one attached hydrogen (secondary N) is 1. The highest BCUT2D eigenvalue weighted by atomic mass is 35.5. The number of hydrogen-bond donors (Lipinski definition) is 3. The SMILES string of the molecule is CC(C)CSc1ccc(C2CNCCc3c2cc(O)c(O)c3Cl)cc1. The predicted octanol–water partition coefficient (Wildman–Crippen LogP) is 4.78. The summed E-state index contributed by atoms with van der Waals surface area (Å²) < 4.78 is 0. The molecule has 3 rings (SSSR count). The molecule has 0 spiro atoms. The molecular formula is C20H24ClNO2S. The standard InChI is InChI=1S/C20H24ClNO2S/c1-12(2)11-25-14-5-3-13(4-6-14)17-10-22-8-7-15-16(17)9-18(23)20(24)19(15)21/h3-6,9,12,17,22-24H,7-8,10-11H2,1-2H3. The Kier molecular flexibility index (Phi) is 5.82. The van der Waals surface area contributed by atoms with Gasteiger partial charge in [0.15, 0.2) is 11.5 Å². The average molecular weight is 378 g/mol. The van der Waals surface area contributed by atoms with E-state index in [0.717, 1.165) is 36.4 Å². The fraction of sp³-hybridized carbons (Fsp3) is 0.400. The number of rotatable bonds is 4. The summed E-state index contributed by atoms with van der Waals surface area (Å²) in [4.78, 5) is 1.27. The maximum atomic E-state index is 10.0. The Morgan fingerprint density at radius 3 is 2.64 bits per heavy atom. The number of phenols is 2. The molecule has 0 aromatic heterocycles. The van der Waals surface area contributed by atoms with Gasteiger partial charge in [-0.05, 0) is 53.8 Å². The molecule has 1 heterocycles. The predicted molar refractivity (Wildman–Crippen MR) is 105 cm³/mol. The summed E-state index contributed by atoms with van der Waals surface area (Å²) in [5, 5.41) is 23.7. The van der Waals surface area contributed by atoms with Crippen LogP contribution in [0.3, 0.4) is 0 Å². The van der Waals surface area contributed by atoms with Crippen LogP contribution in [0, 0.1) is 5.92 Å². The molecule has 0 fully saturated rings. The van der Waals surface area contributed by atoms with Crippen molar-refractivity contribution in [2.75, 3.05) is 18.8 Å². The second-order valence-corrected chi connectivity index (χ2v) is 8.38. The average Bonchev–Trinajstić information content (AvgIpc) is 2.81. The molecule has 1 aliphatic rings. The van der Waals surface area contributed by atoms with Crippen LogP contribution in [0.15, 0.2) is 35.2 Å². The number of halogens is 1. The first kappa shape index (κ1) is 18.4. The van der Waals surface area contributed by atoms with Crippen LogP contribution in [0.5, 0.6) is 11.5 Å². The Bertz CT molecular complexity index is 746. The van der Waals surface area contributed by atoms with E-state index in [2.05, 4.69) is 43.4 Å². The van der Waals surface area contributed by atoms with Crippen LogP contribution < -0.4 is 5.32 Å². The van der Waals surface area contributed by atoms with Crippen molar-refractivity contribution >= 4 is 23.4 Å². The van der Waals surface area contributed by atoms with Gasteiger partial charge >= 0.3 is 0 Å². The zero-order chi connectivity index (χ0) is 18.0. The van der Waals surface area contributed by atoms with Crippen LogP contribution in [0.1, 0.15) is 36.5 Å². The molecule has 2 aromatic carbocycles. The number of phenolic OH excluding ortho intramolecular Hbond substituents is 2. The summed E-state index contributed by atoms with van der Waals surface area (Å²) in [6.07, 6.45) is 0.737. The van der Waals surface area contributed by atoms with E-state index >= 15 is 0 Å². The molecule has 1 unspecified atom stereocenters. The molecule has 0 amide bonds. The van der Waals surface area contributed by atoms with E-state index in [4.69, 9.17) is 11.6 Å². The maximum absolute atomic E-state index is 10.0. The highest BCUT2D eigenvalue weighted by Gasteiger charge is 2.25. The van der Waals surface area contributed by atoms with E-state index in [1.165, 1.54) is 10.5 Å². The fourth-order valence-corrected chi connectivity index (χ4v) is 4.33. The first-order valence-corrected chi connectivity index (χ1v) is 10.0. The van der Waals surface area contributed by atoms with Crippen molar-refractivity contribution < 1.29 is 10.2 Å². The van der Waals surface area contributed by atoms with Crippen molar-refractivity contribution in [2.45, 2.75) is 31.1 Å².